The van der Waals surface area contributed by atoms with E-state index in [1.807, 2.05) is 84.4 Å². The van der Waals surface area contributed by atoms with Crippen molar-refractivity contribution in [2.75, 3.05) is 0 Å². The summed E-state index contributed by atoms with van der Waals surface area (Å²) >= 11 is 6.57. The number of pyridine rings is 2. The van der Waals surface area contributed by atoms with Crippen LogP contribution in [-0.2, 0) is 0 Å². The second-order valence-electron chi connectivity index (χ2n) is 6.78. The van der Waals surface area contributed by atoms with E-state index in [0.29, 0.717) is 5.02 Å². The van der Waals surface area contributed by atoms with Crippen molar-refractivity contribution in [2.45, 2.75) is 6.92 Å². The molecule has 0 amide bonds. The first-order chi connectivity index (χ1) is 14.2. The molecule has 2 aromatic carbocycles. The standard InChI is InChI=1S/C24H17ClN4/c1-16-23-19(18-11-5-6-12-20(18)25)15-22(21-13-7-8-14-26-21)27-24(23)29(28-16)17-9-3-2-4-10-17/h2-15H,1H3. The summed E-state index contributed by atoms with van der Waals surface area (Å²) in [7, 11) is 0. The van der Waals surface area contributed by atoms with Crippen molar-refractivity contribution < 1.29 is 0 Å². The van der Waals surface area contributed by atoms with E-state index in [1.165, 1.54) is 0 Å². The lowest BCUT2D eigenvalue weighted by Gasteiger charge is -2.10. The van der Waals surface area contributed by atoms with Crippen LogP contribution in [0.5, 0.6) is 0 Å². The molecular formula is C24H17ClN4. The minimum Gasteiger partial charge on any atom is -0.255 e. The Morgan fingerprint density at radius 1 is 0.793 bits per heavy atom. The molecule has 0 spiro atoms. The van der Waals surface area contributed by atoms with Crippen LogP contribution < -0.4 is 0 Å². The summed E-state index contributed by atoms with van der Waals surface area (Å²) in [5, 5.41) is 6.48. The zero-order valence-corrected chi connectivity index (χ0v) is 16.5. The molecular weight excluding hydrogens is 380 g/mol. The third-order valence-corrected chi connectivity index (χ3v) is 5.23. The second-order valence-corrected chi connectivity index (χ2v) is 7.19. The molecule has 0 fully saturated rings. The fraction of sp³-hybridized carbons (Fsp3) is 0.0417. The Kier molecular flexibility index (Phi) is 4.34. The molecule has 3 aromatic heterocycles. The highest BCUT2D eigenvalue weighted by Crippen LogP contribution is 2.37. The van der Waals surface area contributed by atoms with E-state index in [-0.39, 0.29) is 0 Å². The van der Waals surface area contributed by atoms with Gasteiger partial charge in [-0.2, -0.15) is 5.10 Å². The van der Waals surface area contributed by atoms with Crippen LogP contribution in [0.3, 0.4) is 0 Å². The lowest BCUT2D eigenvalue weighted by Crippen LogP contribution is -1.99. The first kappa shape index (κ1) is 17.6. The van der Waals surface area contributed by atoms with Gasteiger partial charge in [-0.3, -0.25) is 4.98 Å². The van der Waals surface area contributed by atoms with Crippen LogP contribution in [0, 0.1) is 6.92 Å². The molecule has 0 saturated heterocycles. The zero-order chi connectivity index (χ0) is 19.8. The van der Waals surface area contributed by atoms with Crippen molar-refractivity contribution in [3.8, 4) is 28.2 Å². The van der Waals surface area contributed by atoms with Crippen LogP contribution in [0.15, 0.2) is 85.1 Å². The van der Waals surface area contributed by atoms with Gasteiger partial charge in [0.05, 0.1) is 28.2 Å². The second kappa shape index (κ2) is 7.15. The van der Waals surface area contributed by atoms with Gasteiger partial charge in [0.2, 0.25) is 0 Å². The van der Waals surface area contributed by atoms with Crippen LogP contribution in [0.25, 0.3) is 39.2 Å². The third kappa shape index (κ3) is 3.08. The van der Waals surface area contributed by atoms with Crippen LogP contribution in [0.4, 0.5) is 0 Å². The number of nitrogens with zero attached hydrogens (tertiary/aromatic N) is 4. The summed E-state index contributed by atoms with van der Waals surface area (Å²) in [6.07, 6.45) is 1.77. The molecule has 4 nitrogen and oxygen atoms in total. The van der Waals surface area contributed by atoms with Crippen molar-refractivity contribution >= 4 is 22.6 Å². The number of aryl methyl sites for hydroxylation is 1. The van der Waals surface area contributed by atoms with Crippen molar-refractivity contribution in [1.29, 1.82) is 0 Å². The van der Waals surface area contributed by atoms with Crippen LogP contribution in [0.2, 0.25) is 5.02 Å². The van der Waals surface area contributed by atoms with Gasteiger partial charge >= 0.3 is 0 Å². The number of fused-ring (bicyclic) bond motifs is 1. The molecule has 0 bridgehead atoms. The number of hydrogen-bond donors (Lipinski definition) is 0. The van der Waals surface area contributed by atoms with E-state index in [2.05, 4.69) is 11.1 Å². The summed E-state index contributed by atoms with van der Waals surface area (Å²) in [5.74, 6) is 0. The zero-order valence-electron chi connectivity index (χ0n) is 15.7. The van der Waals surface area contributed by atoms with Crippen molar-refractivity contribution in [3.63, 3.8) is 0 Å². The molecule has 0 aliphatic heterocycles. The van der Waals surface area contributed by atoms with Gasteiger partial charge in [0.15, 0.2) is 5.65 Å². The molecule has 3 heterocycles. The maximum absolute atomic E-state index is 6.57. The number of aromatic nitrogens is 4. The van der Waals surface area contributed by atoms with E-state index in [0.717, 1.165) is 44.9 Å². The normalized spacial score (nSPS) is 11.1. The SMILES string of the molecule is Cc1nn(-c2ccccc2)c2nc(-c3ccccn3)cc(-c3ccccc3Cl)c12. The van der Waals surface area contributed by atoms with Crippen LogP contribution >= 0.6 is 11.6 Å². The first-order valence-electron chi connectivity index (χ1n) is 9.34. The molecule has 0 unspecified atom stereocenters. The van der Waals surface area contributed by atoms with E-state index < -0.39 is 0 Å². The van der Waals surface area contributed by atoms with E-state index in [9.17, 15) is 0 Å². The molecule has 5 heteroatoms. The Morgan fingerprint density at radius 3 is 2.31 bits per heavy atom. The quantitative estimate of drug-likeness (QED) is 0.369. The molecule has 0 saturated carbocycles. The predicted molar refractivity (Wildman–Crippen MR) is 117 cm³/mol. The Bertz CT molecular complexity index is 1310. The summed E-state index contributed by atoms with van der Waals surface area (Å²) in [4.78, 5) is 9.45. The highest BCUT2D eigenvalue weighted by Gasteiger charge is 2.19. The Morgan fingerprint density at radius 2 is 1.55 bits per heavy atom. The Labute approximate surface area is 173 Å². The topological polar surface area (TPSA) is 43.6 Å². The Hall–Kier alpha value is -3.50. The van der Waals surface area contributed by atoms with Gasteiger partial charge < -0.3 is 0 Å². The number of halogens is 1. The van der Waals surface area contributed by atoms with Gasteiger partial charge in [-0.1, -0.05) is 54.1 Å². The fourth-order valence-electron chi connectivity index (χ4n) is 3.58. The predicted octanol–water partition coefficient (Wildman–Crippen LogP) is 6.11. The van der Waals surface area contributed by atoms with E-state index in [4.69, 9.17) is 21.7 Å². The third-order valence-electron chi connectivity index (χ3n) is 4.90. The van der Waals surface area contributed by atoms with Crippen molar-refractivity contribution in [3.05, 3.63) is 95.8 Å². The minimum absolute atomic E-state index is 0.693. The van der Waals surface area contributed by atoms with E-state index >= 15 is 0 Å². The molecule has 5 aromatic rings. The molecule has 0 aliphatic rings. The van der Waals surface area contributed by atoms with Gasteiger partial charge in [0, 0.05) is 16.8 Å². The molecule has 5 rings (SSSR count). The summed E-state index contributed by atoms with van der Waals surface area (Å²) in [6, 6.07) is 25.8. The highest BCUT2D eigenvalue weighted by atomic mass is 35.5. The maximum Gasteiger partial charge on any atom is 0.164 e. The molecule has 140 valence electrons. The number of hydrogen-bond acceptors (Lipinski definition) is 3. The lowest BCUT2D eigenvalue weighted by molar-refractivity contribution is 0.878. The van der Waals surface area contributed by atoms with Crippen LogP contribution in [0.1, 0.15) is 5.69 Å². The fourth-order valence-corrected chi connectivity index (χ4v) is 3.81. The molecule has 0 atom stereocenters. The molecule has 0 radical (unpaired) electrons. The highest BCUT2D eigenvalue weighted by molar-refractivity contribution is 6.33. The lowest BCUT2D eigenvalue weighted by atomic mass is 10.0. The van der Waals surface area contributed by atoms with Gasteiger partial charge in [0.25, 0.3) is 0 Å². The average molecular weight is 397 g/mol. The largest absolute Gasteiger partial charge is 0.255 e. The molecule has 0 aliphatic carbocycles. The molecule has 29 heavy (non-hydrogen) atoms. The van der Waals surface area contributed by atoms with E-state index in [1.54, 1.807) is 6.20 Å². The van der Waals surface area contributed by atoms with Crippen LogP contribution in [-0.4, -0.2) is 19.7 Å². The van der Waals surface area contributed by atoms with Crippen molar-refractivity contribution in [2.24, 2.45) is 0 Å². The number of rotatable bonds is 3. The summed E-state index contributed by atoms with van der Waals surface area (Å²) < 4.78 is 1.89. The minimum atomic E-state index is 0.693. The van der Waals surface area contributed by atoms with Gasteiger partial charge in [-0.05, 0) is 48.9 Å². The first-order valence-corrected chi connectivity index (χ1v) is 9.72. The average Bonchev–Trinajstić information content (AvgIpc) is 3.11. The van der Waals surface area contributed by atoms with Gasteiger partial charge in [0.1, 0.15) is 0 Å². The Balaban J connectivity index is 1.88. The van der Waals surface area contributed by atoms with Gasteiger partial charge in [-0.15, -0.1) is 0 Å². The molecule has 0 N–H and O–H groups in total. The number of benzene rings is 2. The monoisotopic (exact) mass is 396 g/mol. The smallest absolute Gasteiger partial charge is 0.164 e. The summed E-state index contributed by atoms with van der Waals surface area (Å²) in [6.45, 7) is 2.00. The summed E-state index contributed by atoms with van der Waals surface area (Å²) in [5.41, 5.74) is 6.19. The number of para-hydroxylation sites is 1. The maximum atomic E-state index is 6.57. The van der Waals surface area contributed by atoms with Gasteiger partial charge in [-0.25, -0.2) is 9.67 Å². The van der Waals surface area contributed by atoms with Crippen molar-refractivity contribution in [1.82, 2.24) is 19.7 Å².